The van der Waals surface area contributed by atoms with Crippen molar-refractivity contribution in [2.75, 3.05) is 25.4 Å². The van der Waals surface area contributed by atoms with Crippen LogP contribution in [-0.4, -0.2) is 43.3 Å². The molecule has 0 aromatic rings. The molecule has 0 spiro atoms. The molecule has 1 aliphatic heterocycles. The van der Waals surface area contributed by atoms with Crippen LogP contribution in [0.4, 0.5) is 0 Å². The normalized spacial score (nSPS) is 24.3. The SMILES string of the molecule is CCCS(=O)(=O)N1CCCC(CCO)C1. The molecule has 1 saturated heterocycles. The molecular formula is C10H21NO3S. The van der Waals surface area contributed by atoms with Crippen LogP contribution in [0, 0.1) is 5.92 Å². The Balaban J connectivity index is 2.55. The van der Waals surface area contributed by atoms with Crippen molar-refractivity contribution in [1.29, 1.82) is 0 Å². The Morgan fingerprint density at radius 1 is 1.47 bits per heavy atom. The first kappa shape index (κ1) is 12.9. The Labute approximate surface area is 92.3 Å². The van der Waals surface area contributed by atoms with E-state index in [-0.39, 0.29) is 12.4 Å². The van der Waals surface area contributed by atoms with Crippen molar-refractivity contribution >= 4 is 10.0 Å². The van der Waals surface area contributed by atoms with E-state index in [2.05, 4.69) is 0 Å². The third-order valence-corrected chi connectivity index (χ3v) is 4.92. The summed E-state index contributed by atoms with van der Waals surface area (Å²) in [7, 11) is -3.03. The zero-order valence-electron chi connectivity index (χ0n) is 9.35. The maximum Gasteiger partial charge on any atom is 0.214 e. The molecule has 1 heterocycles. The van der Waals surface area contributed by atoms with Gasteiger partial charge in [-0.1, -0.05) is 6.92 Å². The molecule has 1 unspecified atom stereocenters. The van der Waals surface area contributed by atoms with Crippen molar-refractivity contribution in [3.63, 3.8) is 0 Å². The number of nitrogens with zero attached hydrogens (tertiary/aromatic N) is 1. The van der Waals surface area contributed by atoms with Gasteiger partial charge in [0.15, 0.2) is 0 Å². The Bertz CT molecular complexity index is 274. The highest BCUT2D eigenvalue weighted by atomic mass is 32.2. The fourth-order valence-corrected chi connectivity index (χ4v) is 3.70. The number of sulfonamides is 1. The van der Waals surface area contributed by atoms with Crippen LogP contribution in [0.5, 0.6) is 0 Å². The molecular weight excluding hydrogens is 214 g/mol. The molecule has 0 bridgehead atoms. The van der Waals surface area contributed by atoms with E-state index >= 15 is 0 Å². The molecule has 4 nitrogen and oxygen atoms in total. The molecule has 1 fully saturated rings. The van der Waals surface area contributed by atoms with Crippen LogP contribution in [0.3, 0.4) is 0 Å². The van der Waals surface area contributed by atoms with E-state index in [0.29, 0.717) is 25.4 Å². The number of hydrogen-bond donors (Lipinski definition) is 1. The lowest BCUT2D eigenvalue weighted by molar-refractivity contribution is 0.203. The third kappa shape index (κ3) is 3.74. The summed E-state index contributed by atoms with van der Waals surface area (Å²) in [6, 6.07) is 0. The first-order chi connectivity index (χ1) is 7.10. The van der Waals surface area contributed by atoms with E-state index in [0.717, 1.165) is 19.3 Å². The second-order valence-corrected chi connectivity index (χ2v) is 6.28. The lowest BCUT2D eigenvalue weighted by Crippen LogP contribution is -2.41. The molecule has 0 aromatic heterocycles. The second-order valence-electron chi connectivity index (χ2n) is 4.19. The summed E-state index contributed by atoms with van der Waals surface area (Å²) >= 11 is 0. The molecule has 15 heavy (non-hydrogen) atoms. The zero-order chi connectivity index (χ0) is 11.3. The summed E-state index contributed by atoms with van der Waals surface area (Å²) in [6.07, 6.45) is 3.36. The van der Waals surface area contributed by atoms with E-state index in [1.165, 1.54) is 0 Å². The molecule has 5 heteroatoms. The van der Waals surface area contributed by atoms with Gasteiger partial charge in [0.25, 0.3) is 0 Å². The van der Waals surface area contributed by atoms with Crippen molar-refractivity contribution in [3.05, 3.63) is 0 Å². The van der Waals surface area contributed by atoms with Gasteiger partial charge in [-0.3, -0.25) is 0 Å². The van der Waals surface area contributed by atoms with Gasteiger partial charge in [-0.15, -0.1) is 0 Å². The van der Waals surface area contributed by atoms with Gasteiger partial charge in [-0.25, -0.2) is 12.7 Å². The third-order valence-electron chi connectivity index (χ3n) is 2.87. The van der Waals surface area contributed by atoms with Crippen LogP contribution in [0.2, 0.25) is 0 Å². The van der Waals surface area contributed by atoms with E-state index in [9.17, 15) is 8.42 Å². The summed E-state index contributed by atoms with van der Waals surface area (Å²) in [5.74, 6) is 0.592. The maximum atomic E-state index is 11.8. The molecule has 1 aliphatic rings. The molecule has 1 N–H and O–H groups in total. The highest BCUT2D eigenvalue weighted by molar-refractivity contribution is 7.89. The summed E-state index contributed by atoms with van der Waals surface area (Å²) in [5.41, 5.74) is 0. The van der Waals surface area contributed by atoms with E-state index in [1.54, 1.807) is 4.31 Å². The monoisotopic (exact) mass is 235 g/mol. The van der Waals surface area contributed by atoms with E-state index in [1.807, 2.05) is 6.92 Å². The largest absolute Gasteiger partial charge is 0.396 e. The molecule has 0 aliphatic carbocycles. The minimum Gasteiger partial charge on any atom is -0.396 e. The van der Waals surface area contributed by atoms with Gasteiger partial charge >= 0.3 is 0 Å². The Morgan fingerprint density at radius 3 is 2.80 bits per heavy atom. The van der Waals surface area contributed by atoms with Crippen molar-refractivity contribution in [2.24, 2.45) is 5.92 Å². The quantitative estimate of drug-likeness (QED) is 0.767. The average Bonchev–Trinajstić information content (AvgIpc) is 2.19. The second kappa shape index (κ2) is 5.82. The van der Waals surface area contributed by atoms with Gasteiger partial charge in [-0.05, 0) is 31.6 Å². The maximum absolute atomic E-state index is 11.8. The summed E-state index contributed by atoms with van der Waals surface area (Å²) in [5, 5.41) is 8.84. The predicted molar refractivity (Wildman–Crippen MR) is 60.1 cm³/mol. The number of hydrogen-bond acceptors (Lipinski definition) is 3. The Hall–Kier alpha value is -0.130. The lowest BCUT2D eigenvalue weighted by atomic mass is 9.97. The first-order valence-electron chi connectivity index (χ1n) is 5.69. The van der Waals surface area contributed by atoms with Gasteiger partial charge in [0.2, 0.25) is 10.0 Å². The van der Waals surface area contributed by atoms with Crippen molar-refractivity contribution < 1.29 is 13.5 Å². The van der Waals surface area contributed by atoms with Gasteiger partial charge in [0.05, 0.1) is 5.75 Å². The van der Waals surface area contributed by atoms with Crippen LogP contribution in [-0.2, 0) is 10.0 Å². The number of piperidine rings is 1. The number of rotatable bonds is 5. The molecule has 0 radical (unpaired) electrons. The van der Waals surface area contributed by atoms with Crippen molar-refractivity contribution in [1.82, 2.24) is 4.31 Å². The molecule has 1 rings (SSSR count). The first-order valence-corrected chi connectivity index (χ1v) is 7.29. The topological polar surface area (TPSA) is 57.6 Å². The van der Waals surface area contributed by atoms with Gasteiger partial charge < -0.3 is 5.11 Å². The summed E-state index contributed by atoms with van der Waals surface area (Å²) < 4.78 is 25.2. The fraction of sp³-hybridized carbons (Fsp3) is 1.00. The number of aliphatic hydroxyl groups is 1. The van der Waals surface area contributed by atoms with E-state index in [4.69, 9.17) is 5.11 Å². The smallest absolute Gasteiger partial charge is 0.214 e. The predicted octanol–water partition coefficient (Wildman–Crippen LogP) is 0.821. The van der Waals surface area contributed by atoms with Crippen LogP contribution in [0.15, 0.2) is 0 Å². The van der Waals surface area contributed by atoms with Crippen LogP contribution >= 0.6 is 0 Å². The highest BCUT2D eigenvalue weighted by Gasteiger charge is 2.27. The number of aliphatic hydroxyl groups excluding tert-OH is 1. The molecule has 0 amide bonds. The van der Waals surface area contributed by atoms with Crippen LogP contribution in [0.1, 0.15) is 32.6 Å². The molecule has 90 valence electrons. The minimum absolute atomic E-state index is 0.159. The van der Waals surface area contributed by atoms with Crippen molar-refractivity contribution in [3.8, 4) is 0 Å². The molecule has 1 atom stereocenters. The van der Waals surface area contributed by atoms with E-state index < -0.39 is 10.0 Å². The standard InChI is InChI=1S/C10H21NO3S/c1-2-8-15(13,14)11-6-3-4-10(9-11)5-7-12/h10,12H,2-9H2,1H3. The summed E-state index contributed by atoms with van der Waals surface area (Å²) in [6.45, 7) is 3.30. The summed E-state index contributed by atoms with van der Waals surface area (Å²) in [4.78, 5) is 0. The Morgan fingerprint density at radius 2 is 2.20 bits per heavy atom. The van der Waals surface area contributed by atoms with Crippen molar-refractivity contribution in [2.45, 2.75) is 32.6 Å². The Kier molecular flexibility index (Phi) is 5.02. The minimum atomic E-state index is -3.03. The van der Waals surface area contributed by atoms with Gasteiger partial charge in [0, 0.05) is 19.7 Å². The average molecular weight is 235 g/mol. The van der Waals surface area contributed by atoms with Gasteiger partial charge in [0.1, 0.15) is 0 Å². The van der Waals surface area contributed by atoms with Crippen LogP contribution < -0.4 is 0 Å². The van der Waals surface area contributed by atoms with Crippen LogP contribution in [0.25, 0.3) is 0 Å². The molecule has 0 saturated carbocycles. The fourth-order valence-electron chi connectivity index (χ4n) is 2.08. The highest BCUT2D eigenvalue weighted by Crippen LogP contribution is 2.21. The molecule has 0 aromatic carbocycles. The lowest BCUT2D eigenvalue weighted by Gasteiger charge is -2.31. The van der Waals surface area contributed by atoms with Gasteiger partial charge in [-0.2, -0.15) is 0 Å². The zero-order valence-corrected chi connectivity index (χ0v) is 10.2.